The highest BCUT2D eigenvalue weighted by molar-refractivity contribution is 9.10. The predicted octanol–water partition coefficient (Wildman–Crippen LogP) is 6.11. The molecule has 3 rings (SSSR count). The zero-order valence-corrected chi connectivity index (χ0v) is 13.8. The Morgan fingerprint density at radius 3 is 2.40 bits per heavy atom. The summed E-state index contributed by atoms with van der Waals surface area (Å²) in [6.07, 6.45) is 2.26. The van der Waals surface area contributed by atoms with E-state index in [9.17, 15) is 0 Å². The molecule has 2 aromatic rings. The van der Waals surface area contributed by atoms with Crippen molar-refractivity contribution in [2.45, 2.75) is 24.8 Å². The monoisotopic (exact) mass is 369 g/mol. The van der Waals surface area contributed by atoms with Gasteiger partial charge >= 0.3 is 0 Å². The van der Waals surface area contributed by atoms with Crippen molar-refractivity contribution in [2.24, 2.45) is 0 Å². The standard InChI is InChI=1S/C16H14BrCl2N/c17-12-3-6-15(19)16(9-12)20-14-7-11(8-14)10-1-4-13(18)5-2-10/h1-6,9,11,14,20H,7-8H2. The van der Waals surface area contributed by atoms with E-state index >= 15 is 0 Å². The summed E-state index contributed by atoms with van der Waals surface area (Å²) in [4.78, 5) is 0. The fourth-order valence-electron chi connectivity index (χ4n) is 2.57. The Hall–Kier alpha value is -0.700. The first-order valence-electron chi connectivity index (χ1n) is 6.59. The molecule has 1 fully saturated rings. The number of hydrogen-bond acceptors (Lipinski definition) is 1. The molecule has 0 aromatic heterocycles. The molecule has 20 heavy (non-hydrogen) atoms. The maximum atomic E-state index is 6.19. The van der Waals surface area contributed by atoms with Crippen LogP contribution in [-0.4, -0.2) is 6.04 Å². The molecule has 0 saturated heterocycles. The van der Waals surface area contributed by atoms with E-state index in [1.807, 2.05) is 30.3 Å². The van der Waals surface area contributed by atoms with E-state index < -0.39 is 0 Å². The third kappa shape index (κ3) is 3.13. The smallest absolute Gasteiger partial charge is 0.0638 e. The molecule has 0 radical (unpaired) electrons. The maximum absolute atomic E-state index is 6.19. The van der Waals surface area contributed by atoms with Crippen LogP contribution in [0.15, 0.2) is 46.9 Å². The van der Waals surface area contributed by atoms with Gasteiger partial charge in [0.15, 0.2) is 0 Å². The molecule has 0 aliphatic heterocycles. The average Bonchev–Trinajstić information content (AvgIpc) is 2.39. The highest BCUT2D eigenvalue weighted by Crippen LogP contribution is 2.40. The second-order valence-corrected chi connectivity index (χ2v) is 6.94. The lowest BCUT2D eigenvalue weighted by atomic mass is 9.76. The van der Waals surface area contributed by atoms with Crippen LogP contribution in [0.25, 0.3) is 0 Å². The van der Waals surface area contributed by atoms with Gasteiger partial charge in [0.25, 0.3) is 0 Å². The lowest BCUT2D eigenvalue weighted by molar-refractivity contribution is 0.374. The Morgan fingerprint density at radius 1 is 1.00 bits per heavy atom. The summed E-state index contributed by atoms with van der Waals surface area (Å²) in [5.41, 5.74) is 2.37. The van der Waals surface area contributed by atoms with Crippen molar-refractivity contribution in [3.8, 4) is 0 Å². The van der Waals surface area contributed by atoms with Crippen molar-refractivity contribution in [3.63, 3.8) is 0 Å². The zero-order chi connectivity index (χ0) is 14.1. The fraction of sp³-hybridized carbons (Fsp3) is 0.250. The van der Waals surface area contributed by atoms with E-state index in [0.29, 0.717) is 12.0 Å². The number of benzene rings is 2. The molecule has 0 heterocycles. The molecule has 1 nitrogen and oxygen atoms in total. The highest BCUT2D eigenvalue weighted by Gasteiger charge is 2.30. The Balaban J connectivity index is 1.60. The molecular weight excluding hydrogens is 357 g/mol. The largest absolute Gasteiger partial charge is 0.381 e. The van der Waals surface area contributed by atoms with Gasteiger partial charge in [0.1, 0.15) is 0 Å². The van der Waals surface area contributed by atoms with E-state index in [2.05, 4.69) is 33.4 Å². The summed E-state index contributed by atoms with van der Waals surface area (Å²) < 4.78 is 1.04. The summed E-state index contributed by atoms with van der Waals surface area (Å²) in [5, 5.41) is 5.07. The number of nitrogens with one attached hydrogen (secondary N) is 1. The third-order valence-electron chi connectivity index (χ3n) is 3.77. The summed E-state index contributed by atoms with van der Waals surface area (Å²) in [5.74, 6) is 0.621. The number of halogens is 3. The highest BCUT2D eigenvalue weighted by atomic mass is 79.9. The second-order valence-electron chi connectivity index (χ2n) is 5.19. The molecule has 0 spiro atoms. The number of anilines is 1. The van der Waals surface area contributed by atoms with Gasteiger partial charge in [-0.15, -0.1) is 0 Å². The Bertz CT molecular complexity index is 606. The van der Waals surface area contributed by atoms with Gasteiger partial charge in [0.05, 0.1) is 10.7 Å². The average molecular weight is 371 g/mol. The van der Waals surface area contributed by atoms with Gasteiger partial charge in [-0.25, -0.2) is 0 Å². The first-order chi connectivity index (χ1) is 9.61. The Morgan fingerprint density at radius 2 is 1.70 bits per heavy atom. The van der Waals surface area contributed by atoms with Crippen molar-refractivity contribution < 1.29 is 0 Å². The van der Waals surface area contributed by atoms with Crippen LogP contribution in [0.2, 0.25) is 10.0 Å². The fourth-order valence-corrected chi connectivity index (χ4v) is 3.23. The lowest BCUT2D eigenvalue weighted by Gasteiger charge is -2.37. The molecule has 1 aliphatic rings. The van der Waals surface area contributed by atoms with Crippen molar-refractivity contribution >= 4 is 44.8 Å². The SMILES string of the molecule is Clc1ccc(C2CC(Nc3cc(Br)ccc3Cl)C2)cc1. The predicted molar refractivity (Wildman–Crippen MR) is 90.0 cm³/mol. The normalized spacial score (nSPS) is 21.4. The molecule has 104 valence electrons. The molecular formula is C16H14BrCl2N. The van der Waals surface area contributed by atoms with Gasteiger partial charge in [-0.1, -0.05) is 51.3 Å². The molecule has 1 N–H and O–H groups in total. The Labute approximate surface area is 137 Å². The minimum atomic E-state index is 0.488. The van der Waals surface area contributed by atoms with Gasteiger partial charge in [-0.2, -0.15) is 0 Å². The molecule has 1 saturated carbocycles. The molecule has 1 aliphatic carbocycles. The molecule has 0 amide bonds. The number of hydrogen-bond donors (Lipinski definition) is 1. The summed E-state index contributed by atoms with van der Waals surface area (Å²) >= 11 is 15.6. The third-order valence-corrected chi connectivity index (χ3v) is 4.84. The molecule has 0 unspecified atom stereocenters. The van der Waals surface area contributed by atoms with E-state index in [1.54, 1.807) is 0 Å². The minimum absolute atomic E-state index is 0.488. The van der Waals surface area contributed by atoms with E-state index in [4.69, 9.17) is 23.2 Å². The van der Waals surface area contributed by atoms with Crippen LogP contribution in [0.4, 0.5) is 5.69 Å². The quantitative estimate of drug-likeness (QED) is 0.686. The van der Waals surface area contributed by atoms with Gasteiger partial charge in [0.2, 0.25) is 0 Å². The van der Waals surface area contributed by atoms with Crippen molar-refractivity contribution in [1.29, 1.82) is 0 Å². The van der Waals surface area contributed by atoms with Gasteiger partial charge in [0, 0.05) is 15.5 Å². The summed E-state index contributed by atoms with van der Waals surface area (Å²) in [6.45, 7) is 0. The van der Waals surface area contributed by atoms with Crippen LogP contribution in [0.3, 0.4) is 0 Å². The molecule has 2 aromatic carbocycles. The zero-order valence-electron chi connectivity index (χ0n) is 10.7. The molecule has 0 atom stereocenters. The van der Waals surface area contributed by atoms with E-state index in [1.165, 1.54) is 5.56 Å². The van der Waals surface area contributed by atoms with Crippen molar-refractivity contribution in [1.82, 2.24) is 0 Å². The minimum Gasteiger partial charge on any atom is -0.381 e. The molecule has 0 bridgehead atoms. The van der Waals surface area contributed by atoms with Crippen molar-refractivity contribution in [2.75, 3.05) is 5.32 Å². The van der Waals surface area contributed by atoms with E-state index in [-0.39, 0.29) is 0 Å². The second kappa shape index (κ2) is 5.97. The van der Waals surface area contributed by atoms with Crippen LogP contribution in [0, 0.1) is 0 Å². The summed E-state index contributed by atoms with van der Waals surface area (Å²) in [6, 6.07) is 14.5. The Kier molecular flexibility index (Phi) is 4.25. The maximum Gasteiger partial charge on any atom is 0.0638 e. The van der Waals surface area contributed by atoms with Crippen LogP contribution in [-0.2, 0) is 0 Å². The topological polar surface area (TPSA) is 12.0 Å². The van der Waals surface area contributed by atoms with Crippen LogP contribution >= 0.6 is 39.1 Å². The van der Waals surface area contributed by atoms with E-state index in [0.717, 1.165) is 33.0 Å². The molecule has 4 heteroatoms. The van der Waals surface area contributed by atoms with Crippen LogP contribution in [0.1, 0.15) is 24.3 Å². The van der Waals surface area contributed by atoms with Gasteiger partial charge in [-0.3, -0.25) is 0 Å². The van der Waals surface area contributed by atoms with Gasteiger partial charge < -0.3 is 5.32 Å². The van der Waals surface area contributed by atoms with Crippen LogP contribution < -0.4 is 5.32 Å². The summed E-state index contributed by atoms with van der Waals surface area (Å²) in [7, 11) is 0. The van der Waals surface area contributed by atoms with Crippen molar-refractivity contribution in [3.05, 3.63) is 62.5 Å². The lowest BCUT2D eigenvalue weighted by Crippen LogP contribution is -2.34. The first-order valence-corrected chi connectivity index (χ1v) is 8.14. The first kappa shape index (κ1) is 14.2. The van der Waals surface area contributed by atoms with Crippen LogP contribution in [0.5, 0.6) is 0 Å². The van der Waals surface area contributed by atoms with Gasteiger partial charge in [-0.05, 0) is 54.7 Å². The number of rotatable bonds is 3.